The second-order valence-electron chi connectivity index (χ2n) is 2.96. The summed E-state index contributed by atoms with van der Waals surface area (Å²) in [6.07, 6.45) is 0.577. The normalized spacial score (nSPS) is 9.71. The Morgan fingerprint density at radius 2 is 1.64 bits per heavy atom. The van der Waals surface area contributed by atoms with E-state index in [9.17, 15) is 9.59 Å². The minimum Gasteiger partial charge on any atom is -0.421 e. The van der Waals surface area contributed by atoms with Gasteiger partial charge in [0.25, 0.3) is 6.29 Å². The van der Waals surface area contributed by atoms with Crippen LogP contribution in [0.4, 0.5) is 0 Å². The van der Waals surface area contributed by atoms with E-state index in [1.807, 2.05) is 6.92 Å². The van der Waals surface area contributed by atoms with Crippen molar-refractivity contribution in [1.82, 2.24) is 0 Å². The summed E-state index contributed by atoms with van der Waals surface area (Å²) in [5.41, 5.74) is 0.595. The average molecular weight is 200 g/mol. The summed E-state index contributed by atoms with van der Waals surface area (Å²) in [4.78, 5) is 21.4. The molecule has 0 unspecified atom stereocenters. The highest BCUT2D eigenvalue weighted by molar-refractivity contribution is 5.68. The fourth-order valence-corrected chi connectivity index (χ4v) is 0.931. The Hall–Kier alpha value is -1.32. The third-order valence-electron chi connectivity index (χ3n) is 1.45. The second kappa shape index (κ2) is 6.18. The van der Waals surface area contributed by atoms with Crippen molar-refractivity contribution in [3.05, 3.63) is 12.2 Å². The maximum atomic E-state index is 10.7. The van der Waals surface area contributed by atoms with Crippen LogP contribution in [0.5, 0.6) is 0 Å². The molecule has 0 saturated heterocycles. The highest BCUT2D eigenvalue weighted by Gasteiger charge is 2.17. The third kappa shape index (κ3) is 5.35. The number of esters is 2. The average Bonchev–Trinajstić information content (AvgIpc) is 2.01. The standard InChI is InChI=1S/C10H16O4/c1-5-6-7(2)10(13-8(3)11)14-9(4)12/h10H,2,5-6H2,1,3-4H3. The number of hydrogen-bond donors (Lipinski definition) is 0. The van der Waals surface area contributed by atoms with Gasteiger partial charge in [-0.15, -0.1) is 0 Å². The van der Waals surface area contributed by atoms with Gasteiger partial charge in [-0.3, -0.25) is 9.59 Å². The van der Waals surface area contributed by atoms with Crippen molar-refractivity contribution < 1.29 is 19.1 Å². The molecule has 4 heteroatoms. The molecule has 0 aromatic heterocycles. The molecule has 0 rings (SSSR count). The predicted molar refractivity (Wildman–Crippen MR) is 51.4 cm³/mol. The van der Waals surface area contributed by atoms with Crippen molar-refractivity contribution in [3.8, 4) is 0 Å². The topological polar surface area (TPSA) is 52.6 Å². The first-order chi connectivity index (χ1) is 6.47. The molecule has 14 heavy (non-hydrogen) atoms. The lowest BCUT2D eigenvalue weighted by atomic mass is 10.2. The Balaban J connectivity index is 4.29. The summed E-state index contributed by atoms with van der Waals surface area (Å²) in [7, 11) is 0. The number of carbonyl (C=O) groups excluding carboxylic acids is 2. The van der Waals surface area contributed by atoms with Gasteiger partial charge in [0.15, 0.2) is 0 Å². The molecule has 0 aromatic rings. The molecule has 4 nitrogen and oxygen atoms in total. The van der Waals surface area contributed by atoms with E-state index in [2.05, 4.69) is 6.58 Å². The lowest BCUT2D eigenvalue weighted by Gasteiger charge is -2.18. The molecular formula is C10H16O4. The molecule has 80 valence electrons. The number of rotatable bonds is 5. The Bertz CT molecular complexity index is 216. The van der Waals surface area contributed by atoms with Crippen LogP contribution in [-0.2, 0) is 19.1 Å². The van der Waals surface area contributed by atoms with Crippen LogP contribution in [0.25, 0.3) is 0 Å². The molecule has 0 amide bonds. The van der Waals surface area contributed by atoms with E-state index in [0.29, 0.717) is 12.0 Å². The van der Waals surface area contributed by atoms with Crippen molar-refractivity contribution in [2.45, 2.75) is 39.9 Å². The van der Waals surface area contributed by atoms with Crippen LogP contribution in [0.1, 0.15) is 33.6 Å². The van der Waals surface area contributed by atoms with E-state index in [4.69, 9.17) is 9.47 Å². The zero-order chi connectivity index (χ0) is 11.1. The first-order valence-corrected chi connectivity index (χ1v) is 4.49. The molecule has 0 heterocycles. The molecule has 0 saturated carbocycles. The van der Waals surface area contributed by atoms with Gasteiger partial charge in [0, 0.05) is 19.4 Å². The van der Waals surface area contributed by atoms with Gasteiger partial charge in [-0.2, -0.15) is 0 Å². The van der Waals surface area contributed by atoms with Gasteiger partial charge in [0.05, 0.1) is 0 Å². The SMILES string of the molecule is C=C(CCC)C(OC(C)=O)OC(C)=O. The zero-order valence-electron chi connectivity index (χ0n) is 8.83. The van der Waals surface area contributed by atoms with Crippen molar-refractivity contribution in [1.29, 1.82) is 0 Å². The van der Waals surface area contributed by atoms with Crippen LogP contribution in [0.3, 0.4) is 0 Å². The van der Waals surface area contributed by atoms with Crippen LogP contribution in [-0.4, -0.2) is 18.2 Å². The van der Waals surface area contributed by atoms with Crippen LogP contribution in [0.15, 0.2) is 12.2 Å². The maximum absolute atomic E-state index is 10.7. The fraction of sp³-hybridized carbons (Fsp3) is 0.600. The molecule has 0 radical (unpaired) electrons. The number of ether oxygens (including phenoxy) is 2. The van der Waals surface area contributed by atoms with Gasteiger partial charge in [0.1, 0.15) is 0 Å². The molecule has 0 aliphatic heterocycles. The molecule has 0 aliphatic rings. The molecule has 0 N–H and O–H groups in total. The fourth-order valence-electron chi connectivity index (χ4n) is 0.931. The highest BCUT2D eigenvalue weighted by Crippen LogP contribution is 2.13. The summed E-state index contributed by atoms with van der Waals surface area (Å²) >= 11 is 0. The molecule has 0 aromatic carbocycles. The summed E-state index contributed by atoms with van der Waals surface area (Å²) in [5.74, 6) is -0.984. The highest BCUT2D eigenvalue weighted by atomic mass is 16.7. The summed E-state index contributed by atoms with van der Waals surface area (Å²) < 4.78 is 9.59. The van der Waals surface area contributed by atoms with Crippen LogP contribution in [0.2, 0.25) is 0 Å². The summed E-state index contributed by atoms with van der Waals surface area (Å²) in [6, 6.07) is 0. The van der Waals surface area contributed by atoms with Crippen molar-refractivity contribution in [2.24, 2.45) is 0 Å². The summed E-state index contributed by atoms with van der Waals surface area (Å²) in [5, 5.41) is 0. The minimum absolute atomic E-state index is 0.492. The van der Waals surface area contributed by atoms with Gasteiger partial charge < -0.3 is 9.47 Å². The predicted octanol–water partition coefficient (Wildman–Crippen LogP) is 1.79. The third-order valence-corrected chi connectivity index (χ3v) is 1.45. The number of carbonyl (C=O) groups is 2. The quantitative estimate of drug-likeness (QED) is 0.385. The van der Waals surface area contributed by atoms with Crippen molar-refractivity contribution in [3.63, 3.8) is 0 Å². The lowest BCUT2D eigenvalue weighted by molar-refractivity contribution is -0.178. The molecule has 0 fully saturated rings. The van der Waals surface area contributed by atoms with E-state index in [1.165, 1.54) is 13.8 Å². The Morgan fingerprint density at radius 3 is 1.93 bits per heavy atom. The Morgan fingerprint density at radius 1 is 1.21 bits per heavy atom. The van der Waals surface area contributed by atoms with Crippen molar-refractivity contribution in [2.75, 3.05) is 0 Å². The lowest BCUT2D eigenvalue weighted by Crippen LogP contribution is -2.24. The molecule has 0 bridgehead atoms. The van der Waals surface area contributed by atoms with Gasteiger partial charge in [-0.05, 0) is 6.42 Å². The molecule has 0 atom stereocenters. The monoisotopic (exact) mass is 200 g/mol. The van der Waals surface area contributed by atoms with E-state index in [-0.39, 0.29) is 0 Å². The van der Waals surface area contributed by atoms with E-state index in [1.54, 1.807) is 0 Å². The summed E-state index contributed by atoms with van der Waals surface area (Å²) in [6.45, 7) is 8.18. The van der Waals surface area contributed by atoms with E-state index >= 15 is 0 Å². The van der Waals surface area contributed by atoms with E-state index in [0.717, 1.165) is 6.42 Å². The number of hydrogen-bond acceptors (Lipinski definition) is 4. The minimum atomic E-state index is -0.940. The smallest absolute Gasteiger partial charge is 0.305 e. The largest absolute Gasteiger partial charge is 0.421 e. The van der Waals surface area contributed by atoms with Crippen molar-refractivity contribution >= 4 is 11.9 Å². The second-order valence-corrected chi connectivity index (χ2v) is 2.96. The Labute approximate surface area is 83.9 Å². The zero-order valence-corrected chi connectivity index (χ0v) is 8.83. The van der Waals surface area contributed by atoms with Gasteiger partial charge in [-0.25, -0.2) is 0 Å². The molecule has 0 spiro atoms. The van der Waals surface area contributed by atoms with Gasteiger partial charge in [0.2, 0.25) is 0 Å². The Kier molecular flexibility index (Phi) is 5.60. The molecular weight excluding hydrogens is 184 g/mol. The van der Waals surface area contributed by atoms with E-state index < -0.39 is 18.2 Å². The van der Waals surface area contributed by atoms with Gasteiger partial charge >= 0.3 is 11.9 Å². The van der Waals surface area contributed by atoms with Crippen LogP contribution in [0, 0.1) is 0 Å². The first-order valence-electron chi connectivity index (χ1n) is 4.49. The maximum Gasteiger partial charge on any atom is 0.305 e. The van der Waals surface area contributed by atoms with Crippen LogP contribution >= 0.6 is 0 Å². The van der Waals surface area contributed by atoms with Gasteiger partial charge in [-0.1, -0.05) is 19.9 Å². The van der Waals surface area contributed by atoms with Crippen LogP contribution < -0.4 is 0 Å². The molecule has 0 aliphatic carbocycles. The first kappa shape index (κ1) is 12.7.